The number of halogens is 1. The first-order valence-corrected chi connectivity index (χ1v) is 6.53. The van der Waals surface area contributed by atoms with Crippen molar-refractivity contribution in [1.82, 2.24) is 4.90 Å². The normalized spacial score (nSPS) is 11.1. The van der Waals surface area contributed by atoms with Crippen LogP contribution in [0.3, 0.4) is 0 Å². The number of imide groups is 1. The number of benzene rings is 1. The Hall–Kier alpha value is -1.75. The van der Waals surface area contributed by atoms with Gasteiger partial charge in [-0.25, -0.2) is 14.5 Å². The van der Waals surface area contributed by atoms with E-state index in [0.29, 0.717) is 5.02 Å². The first-order chi connectivity index (χ1) is 9.10. The Bertz CT molecular complexity index is 524. The maximum atomic E-state index is 12.0. The maximum absolute atomic E-state index is 12.0. The average Bonchev–Trinajstić information content (AvgIpc) is 2.24. The maximum Gasteiger partial charge on any atom is 0.418 e. The molecule has 2 N–H and O–H groups in total. The molecular formula is C14H19ClN2O3. The minimum Gasteiger partial charge on any atom is -0.443 e. The van der Waals surface area contributed by atoms with E-state index in [1.807, 2.05) is 6.92 Å². The summed E-state index contributed by atoms with van der Waals surface area (Å²) in [7, 11) is 0. The molecule has 0 aliphatic heterocycles. The lowest BCUT2D eigenvalue weighted by Gasteiger charge is -2.25. The molecule has 0 aliphatic rings. The van der Waals surface area contributed by atoms with Crippen LogP contribution in [0, 0.1) is 6.92 Å². The van der Waals surface area contributed by atoms with Crippen molar-refractivity contribution in [3.05, 3.63) is 34.3 Å². The van der Waals surface area contributed by atoms with E-state index in [2.05, 4.69) is 0 Å². The number of nitrogens with zero attached hydrogens (tertiary/aromatic N) is 1. The van der Waals surface area contributed by atoms with Crippen molar-refractivity contribution in [3.63, 3.8) is 0 Å². The Balaban J connectivity index is 2.93. The fraction of sp³-hybridized carbons (Fsp3) is 0.429. The molecular weight excluding hydrogens is 280 g/mol. The number of carbonyl (C=O) groups is 2. The van der Waals surface area contributed by atoms with Crippen LogP contribution in [0.4, 0.5) is 9.59 Å². The zero-order valence-electron chi connectivity index (χ0n) is 12.1. The summed E-state index contributed by atoms with van der Waals surface area (Å²) >= 11 is 5.87. The van der Waals surface area contributed by atoms with Gasteiger partial charge in [0.05, 0.1) is 6.54 Å². The highest BCUT2D eigenvalue weighted by Crippen LogP contribution is 2.18. The third kappa shape index (κ3) is 4.74. The quantitative estimate of drug-likeness (QED) is 0.908. The molecule has 0 aromatic heterocycles. The first-order valence-electron chi connectivity index (χ1n) is 6.15. The van der Waals surface area contributed by atoms with Crippen molar-refractivity contribution in [2.75, 3.05) is 0 Å². The molecule has 0 radical (unpaired) electrons. The summed E-state index contributed by atoms with van der Waals surface area (Å²) in [4.78, 5) is 24.3. The largest absolute Gasteiger partial charge is 0.443 e. The molecule has 0 bridgehead atoms. The van der Waals surface area contributed by atoms with Crippen LogP contribution in [0.5, 0.6) is 0 Å². The lowest BCUT2D eigenvalue weighted by atomic mass is 10.1. The number of carbonyl (C=O) groups excluding carboxylic acids is 2. The van der Waals surface area contributed by atoms with E-state index < -0.39 is 17.7 Å². The molecule has 6 heteroatoms. The molecule has 0 atom stereocenters. The monoisotopic (exact) mass is 298 g/mol. The van der Waals surface area contributed by atoms with Crippen LogP contribution in [0.1, 0.15) is 31.9 Å². The summed E-state index contributed by atoms with van der Waals surface area (Å²) in [5.74, 6) is 0. The van der Waals surface area contributed by atoms with Crippen LogP contribution in [0.25, 0.3) is 0 Å². The molecule has 0 aliphatic carbocycles. The predicted octanol–water partition coefficient (Wildman–Crippen LogP) is 3.46. The van der Waals surface area contributed by atoms with Crippen molar-refractivity contribution >= 4 is 23.7 Å². The molecule has 1 aromatic rings. The Kier molecular flexibility index (Phi) is 5.00. The topological polar surface area (TPSA) is 72.6 Å². The van der Waals surface area contributed by atoms with E-state index in [0.717, 1.165) is 16.0 Å². The summed E-state index contributed by atoms with van der Waals surface area (Å²) in [6.07, 6.45) is -0.764. The zero-order chi connectivity index (χ0) is 15.5. The summed E-state index contributed by atoms with van der Waals surface area (Å²) in [6, 6.07) is 4.34. The van der Waals surface area contributed by atoms with Crippen LogP contribution in [-0.2, 0) is 11.3 Å². The summed E-state index contributed by atoms with van der Waals surface area (Å²) in [6.45, 7) is 7.05. The van der Waals surface area contributed by atoms with Crippen LogP contribution in [0.15, 0.2) is 18.2 Å². The third-order valence-corrected chi connectivity index (χ3v) is 2.75. The molecule has 0 heterocycles. The number of hydrogen-bond donors (Lipinski definition) is 1. The molecule has 110 valence electrons. The molecule has 0 saturated carbocycles. The fourth-order valence-corrected chi connectivity index (χ4v) is 1.78. The van der Waals surface area contributed by atoms with E-state index in [4.69, 9.17) is 22.1 Å². The van der Waals surface area contributed by atoms with Gasteiger partial charge in [0.1, 0.15) is 5.60 Å². The Morgan fingerprint density at radius 3 is 2.40 bits per heavy atom. The van der Waals surface area contributed by atoms with Crippen LogP contribution in [-0.4, -0.2) is 22.6 Å². The second-order valence-corrected chi connectivity index (χ2v) is 5.91. The summed E-state index contributed by atoms with van der Waals surface area (Å²) < 4.78 is 5.16. The molecule has 5 nitrogen and oxygen atoms in total. The van der Waals surface area contributed by atoms with Crippen molar-refractivity contribution in [2.45, 2.75) is 39.8 Å². The van der Waals surface area contributed by atoms with Crippen molar-refractivity contribution in [2.24, 2.45) is 5.73 Å². The van der Waals surface area contributed by atoms with Crippen LogP contribution in [0.2, 0.25) is 5.02 Å². The number of primary amides is 1. The van der Waals surface area contributed by atoms with Gasteiger partial charge >= 0.3 is 12.1 Å². The highest BCUT2D eigenvalue weighted by Gasteiger charge is 2.26. The molecule has 0 spiro atoms. The highest BCUT2D eigenvalue weighted by atomic mass is 35.5. The lowest BCUT2D eigenvalue weighted by Crippen LogP contribution is -2.43. The minimum atomic E-state index is -0.853. The van der Waals surface area contributed by atoms with Gasteiger partial charge in [-0.05, 0) is 51.0 Å². The average molecular weight is 299 g/mol. The third-order valence-electron chi connectivity index (χ3n) is 2.51. The summed E-state index contributed by atoms with van der Waals surface area (Å²) in [5, 5.41) is 0.592. The van der Waals surface area contributed by atoms with E-state index in [1.165, 1.54) is 0 Å². The SMILES string of the molecule is Cc1cc(Cl)ccc1CN(C(N)=O)C(=O)OC(C)(C)C. The minimum absolute atomic E-state index is 0.0489. The van der Waals surface area contributed by atoms with Gasteiger partial charge in [0.15, 0.2) is 0 Å². The number of urea groups is 1. The standard InChI is InChI=1S/C14H19ClN2O3/c1-9-7-11(15)6-5-10(9)8-17(12(16)18)13(19)20-14(2,3)4/h5-7H,8H2,1-4H3,(H2,16,18). The molecule has 0 unspecified atom stereocenters. The van der Waals surface area contributed by atoms with Gasteiger partial charge in [-0.1, -0.05) is 17.7 Å². The zero-order valence-corrected chi connectivity index (χ0v) is 12.8. The van der Waals surface area contributed by atoms with Gasteiger partial charge in [0, 0.05) is 5.02 Å². The summed E-state index contributed by atoms with van der Waals surface area (Å²) in [5.41, 5.74) is 6.19. The number of amides is 3. The van der Waals surface area contributed by atoms with Gasteiger partial charge in [0.25, 0.3) is 0 Å². The Morgan fingerprint density at radius 1 is 1.35 bits per heavy atom. The lowest BCUT2D eigenvalue weighted by molar-refractivity contribution is 0.0316. The predicted molar refractivity (Wildman–Crippen MR) is 77.5 cm³/mol. The van der Waals surface area contributed by atoms with E-state index >= 15 is 0 Å². The number of ether oxygens (including phenoxy) is 1. The molecule has 20 heavy (non-hydrogen) atoms. The molecule has 1 aromatic carbocycles. The van der Waals surface area contributed by atoms with Crippen molar-refractivity contribution in [3.8, 4) is 0 Å². The second kappa shape index (κ2) is 6.13. The van der Waals surface area contributed by atoms with E-state index in [1.54, 1.807) is 39.0 Å². The first kappa shape index (κ1) is 16.3. The number of nitrogens with two attached hydrogens (primary N) is 1. The molecule has 1 rings (SSSR count). The Morgan fingerprint density at radius 2 is 1.95 bits per heavy atom. The van der Waals surface area contributed by atoms with E-state index in [9.17, 15) is 9.59 Å². The van der Waals surface area contributed by atoms with Gasteiger partial charge in [-0.3, -0.25) is 0 Å². The van der Waals surface area contributed by atoms with E-state index in [-0.39, 0.29) is 6.54 Å². The number of rotatable bonds is 2. The smallest absolute Gasteiger partial charge is 0.418 e. The fourth-order valence-electron chi connectivity index (χ4n) is 1.56. The Labute approximate surface area is 123 Å². The van der Waals surface area contributed by atoms with Crippen LogP contribution >= 0.6 is 11.6 Å². The molecule has 0 fully saturated rings. The number of hydrogen-bond acceptors (Lipinski definition) is 3. The van der Waals surface area contributed by atoms with Crippen LogP contribution < -0.4 is 5.73 Å². The van der Waals surface area contributed by atoms with Crippen molar-refractivity contribution in [1.29, 1.82) is 0 Å². The van der Waals surface area contributed by atoms with Gasteiger partial charge < -0.3 is 10.5 Å². The van der Waals surface area contributed by atoms with Gasteiger partial charge in [-0.15, -0.1) is 0 Å². The van der Waals surface area contributed by atoms with Gasteiger partial charge in [-0.2, -0.15) is 0 Å². The van der Waals surface area contributed by atoms with Crippen molar-refractivity contribution < 1.29 is 14.3 Å². The highest BCUT2D eigenvalue weighted by molar-refractivity contribution is 6.30. The van der Waals surface area contributed by atoms with Gasteiger partial charge in [0.2, 0.25) is 0 Å². The molecule has 0 saturated heterocycles. The molecule has 3 amide bonds. The second-order valence-electron chi connectivity index (χ2n) is 5.48. The number of aryl methyl sites for hydroxylation is 1.